The number of carbonyl (C=O) groups excluding carboxylic acids is 1. The summed E-state index contributed by atoms with van der Waals surface area (Å²) >= 11 is 0. The molecule has 0 unspecified atom stereocenters. The highest BCUT2D eigenvalue weighted by atomic mass is 16.6. The number of primary amides is 1. The van der Waals surface area contributed by atoms with E-state index in [1.807, 2.05) is 0 Å². The number of carboxylic acids is 1. The van der Waals surface area contributed by atoms with Crippen LogP contribution in [0.3, 0.4) is 0 Å². The number of benzene rings is 1. The van der Waals surface area contributed by atoms with Crippen molar-refractivity contribution in [1.82, 2.24) is 0 Å². The first-order chi connectivity index (χ1) is 8.38. The van der Waals surface area contributed by atoms with Gasteiger partial charge in [0.2, 0.25) is 0 Å². The number of nitro benzene ring substituents is 1. The van der Waals surface area contributed by atoms with Crippen LogP contribution >= 0.6 is 0 Å². The van der Waals surface area contributed by atoms with Crippen LogP contribution in [0.25, 0.3) is 0 Å². The zero-order valence-electron chi connectivity index (χ0n) is 9.53. The number of carboxylic acid groups (broad SMARTS) is 1. The summed E-state index contributed by atoms with van der Waals surface area (Å²) in [5, 5.41) is 18.6. The number of nitrogens with two attached hydrogens (primary N) is 1. The Kier molecular flexibility index (Phi) is 6.49. The van der Waals surface area contributed by atoms with Crippen LogP contribution < -0.4 is 5.73 Å². The van der Waals surface area contributed by atoms with Crippen molar-refractivity contribution in [3.05, 3.63) is 39.9 Å². The van der Waals surface area contributed by atoms with E-state index in [4.69, 9.17) is 5.11 Å². The zero-order chi connectivity index (χ0) is 14.1. The minimum atomic E-state index is -1.09. The van der Waals surface area contributed by atoms with Crippen LogP contribution in [0.1, 0.15) is 17.3 Å². The molecule has 1 amide bonds. The molecular formula is C10H12N2O6. The van der Waals surface area contributed by atoms with Crippen LogP contribution in [0.15, 0.2) is 24.3 Å². The van der Waals surface area contributed by atoms with Gasteiger partial charge in [-0.15, -0.1) is 0 Å². The lowest BCUT2D eigenvalue weighted by atomic mass is 10.2. The van der Waals surface area contributed by atoms with Crippen LogP contribution in [0.2, 0.25) is 0 Å². The summed E-state index contributed by atoms with van der Waals surface area (Å²) in [5.41, 5.74) is 4.47. The van der Waals surface area contributed by atoms with Crippen molar-refractivity contribution in [2.24, 2.45) is 5.73 Å². The van der Waals surface area contributed by atoms with E-state index in [1.165, 1.54) is 12.1 Å². The number of nitro groups is 1. The second-order valence-electron chi connectivity index (χ2n) is 2.86. The van der Waals surface area contributed by atoms with Gasteiger partial charge in [0.1, 0.15) is 0 Å². The minimum Gasteiger partial charge on any atom is -0.478 e. The van der Waals surface area contributed by atoms with Crippen molar-refractivity contribution in [1.29, 1.82) is 0 Å². The van der Waals surface area contributed by atoms with E-state index in [2.05, 4.69) is 10.5 Å². The van der Waals surface area contributed by atoms with Crippen molar-refractivity contribution in [3.8, 4) is 0 Å². The van der Waals surface area contributed by atoms with Gasteiger partial charge in [0.15, 0.2) is 0 Å². The highest BCUT2D eigenvalue weighted by Gasteiger charge is 2.06. The number of ether oxygens (including phenoxy) is 1. The van der Waals surface area contributed by atoms with Gasteiger partial charge in [0.05, 0.1) is 17.1 Å². The molecule has 0 fully saturated rings. The number of carbonyl (C=O) groups is 2. The molecule has 0 aliphatic carbocycles. The van der Waals surface area contributed by atoms with Gasteiger partial charge >= 0.3 is 12.1 Å². The SMILES string of the molecule is CCOC(N)=O.O=C(O)c1ccc([N+](=O)[O-])cc1. The van der Waals surface area contributed by atoms with Crippen molar-refractivity contribution < 1.29 is 24.4 Å². The Labute approximate surface area is 102 Å². The summed E-state index contributed by atoms with van der Waals surface area (Å²) in [6, 6.07) is 4.70. The first kappa shape index (κ1) is 15.4. The first-order valence-electron chi connectivity index (χ1n) is 4.78. The van der Waals surface area contributed by atoms with Crippen molar-refractivity contribution >= 4 is 17.7 Å². The van der Waals surface area contributed by atoms with Gasteiger partial charge in [-0.3, -0.25) is 10.1 Å². The minimum absolute atomic E-state index is 0.0422. The highest BCUT2D eigenvalue weighted by molar-refractivity contribution is 5.87. The Morgan fingerprint density at radius 1 is 1.39 bits per heavy atom. The molecule has 0 saturated heterocycles. The summed E-state index contributed by atoms with van der Waals surface area (Å²) in [5.74, 6) is -1.09. The molecule has 18 heavy (non-hydrogen) atoms. The highest BCUT2D eigenvalue weighted by Crippen LogP contribution is 2.11. The third kappa shape index (κ3) is 6.05. The lowest BCUT2D eigenvalue weighted by Crippen LogP contribution is -2.11. The van der Waals surface area contributed by atoms with Crippen LogP contribution in [-0.2, 0) is 4.74 Å². The lowest BCUT2D eigenvalue weighted by Gasteiger charge is -1.92. The Morgan fingerprint density at radius 3 is 2.11 bits per heavy atom. The second-order valence-corrected chi connectivity index (χ2v) is 2.86. The molecule has 0 aliphatic rings. The smallest absolute Gasteiger partial charge is 0.404 e. The van der Waals surface area contributed by atoms with Gasteiger partial charge in [0, 0.05) is 12.1 Å². The van der Waals surface area contributed by atoms with Gasteiger partial charge in [-0.1, -0.05) is 0 Å². The van der Waals surface area contributed by atoms with Gasteiger partial charge < -0.3 is 15.6 Å². The lowest BCUT2D eigenvalue weighted by molar-refractivity contribution is -0.384. The average molecular weight is 256 g/mol. The molecule has 3 N–H and O–H groups in total. The Bertz CT molecular complexity index is 395. The fraction of sp³-hybridized carbons (Fsp3) is 0.200. The van der Waals surface area contributed by atoms with Gasteiger partial charge in [-0.2, -0.15) is 0 Å². The number of aromatic carboxylic acids is 1. The normalized spacial score (nSPS) is 8.72. The molecule has 98 valence electrons. The molecule has 8 heteroatoms. The topological polar surface area (TPSA) is 133 Å². The molecular weight excluding hydrogens is 244 g/mol. The Hall–Kier alpha value is -2.64. The van der Waals surface area contributed by atoms with E-state index in [9.17, 15) is 19.7 Å². The Morgan fingerprint density at radius 2 is 1.89 bits per heavy atom. The zero-order valence-corrected chi connectivity index (χ0v) is 9.53. The molecule has 0 heterocycles. The largest absolute Gasteiger partial charge is 0.478 e. The maximum Gasteiger partial charge on any atom is 0.404 e. The number of nitrogens with zero attached hydrogens (tertiary/aromatic N) is 1. The summed E-state index contributed by atoms with van der Waals surface area (Å²) in [4.78, 5) is 29.5. The molecule has 0 radical (unpaired) electrons. The molecule has 0 bridgehead atoms. The maximum absolute atomic E-state index is 10.3. The molecule has 0 saturated carbocycles. The monoisotopic (exact) mass is 256 g/mol. The Balaban J connectivity index is 0.000000411. The number of hydrogen-bond acceptors (Lipinski definition) is 5. The van der Waals surface area contributed by atoms with Gasteiger partial charge in [-0.05, 0) is 19.1 Å². The van der Waals surface area contributed by atoms with Crippen LogP contribution in [-0.4, -0.2) is 28.7 Å². The fourth-order valence-corrected chi connectivity index (χ4v) is 0.868. The van der Waals surface area contributed by atoms with Crippen molar-refractivity contribution in [2.45, 2.75) is 6.92 Å². The van der Waals surface area contributed by atoms with E-state index in [0.29, 0.717) is 6.61 Å². The predicted molar refractivity (Wildman–Crippen MR) is 61.3 cm³/mol. The van der Waals surface area contributed by atoms with Crippen LogP contribution in [0.4, 0.5) is 10.5 Å². The summed E-state index contributed by atoms with van der Waals surface area (Å²) in [6.07, 6.45) is -0.711. The standard InChI is InChI=1S/C7H5NO4.C3H7NO2/c9-7(10)5-1-3-6(4-2-5)8(11)12;1-2-6-3(4)5/h1-4H,(H,9,10);2H2,1H3,(H2,4,5). The maximum atomic E-state index is 10.3. The number of hydrogen-bond donors (Lipinski definition) is 2. The molecule has 0 aromatic heterocycles. The molecule has 8 nitrogen and oxygen atoms in total. The van der Waals surface area contributed by atoms with Crippen molar-refractivity contribution in [2.75, 3.05) is 6.61 Å². The summed E-state index contributed by atoms with van der Waals surface area (Å²) in [7, 11) is 0. The van der Waals surface area contributed by atoms with E-state index in [-0.39, 0.29) is 11.3 Å². The summed E-state index contributed by atoms with van der Waals surface area (Å²) in [6.45, 7) is 2.06. The van der Waals surface area contributed by atoms with Crippen LogP contribution in [0.5, 0.6) is 0 Å². The summed E-state index contributed by atoms with van der Waals surface area (Å²) < 4.78 is 4.18. The quantitative estimate of drug-likeness (QED) is 0.620. The number of rotatable bonds is 3. The molecule has 1 aromatic carbocycles. The number of amides is 1. The molecule has 1 rings (SSSR count). The number of non-ortho nitro benzene ring substituents is 1. The van der Waals surface area contributed by atoms with E-state index in [1.54, 1.807) is 6.92 Å². The van der Waals surface area contributed by atoms with E-state index >= 15 is 0 Å². The predicted octanol–water partition coefficient (Wildman–Crippen LogP) is 1.39. The first-order valence-corrected chi connectivity index (χ1v) is 4.78. The second kappa shape index (κ2) is 7.60. The molecule has 1 aromatic rings. The van der Waals surface area contributed by atoms with Crippen molar-refractivity contribution in [3.63, 3.8) is 0 Å². The fourth-order valence-electron chi connectivity index (χ4n) is 0.868. The molecule has 0 aliphatic heterocycles. The third-order valence-corrected chi connectivity index (χ3v) is 1.61. The molecule has 0 atom stereocenters. The molecule has 0 spiro atoms. The van der Waals surface area contributed by atoms with E-state index < -0.39 is 17.0 Å². The third-order valence-electron chi connectivity index (χ3n) is 1.61. The van der Waals surface area contributed by atoms with Gasteiger partial charge in [-0.25, -0.2) is 9.59 Å². The van der Waals surface area contributed by atoms with E-state index in [0.717, 1.165) is 12.1 Å². The average Bonchev–Trinajstić information content (AvgIpc) is 2.29. The van der Waals surface area contributed by atoms with Gasteiger partial charge in [0.25, 0.3) is 5.69 Å². The van der Waals surface area contributed by atoms with Crippen LogP contribution in [0, 0.1) is 10.1 Å².